The van der Waals surface area contributed by atoms with E-state index in [1.54, 1.807) is 0 Å². The number of oxazole rings is 1. The topological polar surface area (TPSA) is 56.5 Å². The number of nitrogens with one attached hydrogen (secondary N) is 1. The lowest BCUT2D eigenvalue weighted by atomic mass is 9.79. The van der Waals surface area contributed by atoms with E-state index in [1.165, 1.54) is 18.4 Å². The van der Waals surface area contributed by atoms with Gasteiger partial charge in [-0.2, -0.15) is 4.98 Å². The summed E-state index contributed by atoms with van der Waals surface area (Å²) < 4.78 is 18.0. The Morgan fingerprint density at radius 3 is 2.42 bits per heavy atom. The zero-order chi connectivity index (χ0) is 17.1. The summed E-state index contributed by atoms with van der Waals surface area (Å²) >= 11 is 0. The molecule has 1 aliphatic carbocycles. The normalized spacial score (nSPS) is 21.4. The molecule has 2 fully saturated rings. The monoisotopic (exact) mass is 326 g/mol. The molecule has 0 unspecified atom stereocenters. The molecular weight excluding hydrogens is 303 g/mol. The Balaban J connectivity index is 1.61. The first-order valence-corrected chi connectivity index (χ1v) is 8.47. The SMILES string of the molecule is CC(Nc1nc2cc(B3OC(C)(C)C(C)(C)O3)ccc2o1)=C1CC1. The van der Waals surface area contributed by atoms with Crippen LogP contribution in [0.25, 0.3) is 11.1 Å². The molecule has 1 aliphatic heterocycles. The molecule has 1 saturated carbocycles. The molecule has 1 aromatic carbocycles. The molecule has 0 spiro atoms. The summed E-state index contributed by atoms with van der Waals surface area (Å²) in [6.07, 6.45) is 2.34. The van der Waals surface area contributed by atoms with E-state index in [2.05, 4.69) is 44.9 Å². The van der Waals surface area contributed by atoms with Crippen molar-refractivity contribution in [3.05, 3.63) is 29.5 Å². The summed E-state index contributed by atoms with van der Waals surface area (Å²) in [6, 6.07) is 6.42. The Morgan fingerprint density at radius 2 is 1.79 bits per heavy atom. The fourth-order valence-electron chi connectivity index (χ4n) is 2.81. The minimum Gasteiger partial charge on any atom is -0.423 e. The molecule has 0 radical (unpaired) electrons. The summed E-state index contributed by atoms with van der Waals surface area (Å²) in [4.78, 5) is 4.54. The van der Waals surface area contributed by atoms with Crippen molar-refractivity contribution >= 4 is 29.7 Å². The summed E-state index contributed by atoms with van der Waals surface area (Å²) in [5, 5.41) is 3.25. The van der Waals surface area contributed by atoms with Gasteiger partial charge in [0.1, 0.15) is 5.52 Å². The lowest BCUT2D eigenvalue weighted by molar-refractivity contribution is 0.00578. The van der Waals surface area contributed by atoms with E-state index >= 15 is 0 Å². The molecule has 6 heteroatoms. The Labute approximate surface area is 142 Å². The first-order valence-electron chi connectivity index (χ1n) is 8.47. The van der Waals surface area contributed by atoms with Crippen LogP contribution in [0.2, 0.25) is 0 Å². The van der Waals surface area contributed by atoms with Crippen molar-refractivity contribution in [2.75, 3.05) is 5.32 Å². The average Bonchev–Trinajstić information content (AvgIpc) is 3.21. The number of allylic oxidation sites excluding steroid dienone is 2. The van der Waals surface area contributed by atoms with Crippen molar-refractivity contribution in [3.63, 3.8) is 0 Å². The number of hydrogen-bond acceptors (Lipinski definition) is 5. The first kappa shape index (κ1) is 15.7. The molecule has 0 bridgehead atoms. The third kappa shape index (κ3) is 2.64. The van der Waals surface area contributed by atoms with Gasteiger partial charge in [0.05, 0.1) is 11.2 Å². The molecule has 1 saturated heterocycles. The molecule has 2 heterocycles. The van der Waals surface area contributed by atoms with Crippen LogP contribution in [-0.2, 0) is 9.31 Å². The van der Waals surface area contributed by atoms with Gasteiger partial charge in [-0.15, -0.1) is 0 Å². The van der Waals surface area contributed by atoms with Crippen molar-refractivity contribution in [1.29, 1.82) is 0 Å². The molecule has 2 aromatic rings. The molecule has 5 nitrogen and oxygen atoms in total. The Kier molecular flexibility index (Phi) is 3.34. The zero-order valence-electron chi connectivity index (χ0n) is 14.9. The number of fused-ring (bicyclic) bond motifs is 1. The van der Waals surface area contributed by atoms with Gasteiger partial charge in [0, 0.05) is 5.70 Å². The van der Waals surface area contributed by atoms with Crippen molar-refractivity contribution in [2.24, 2.45) is 0 Å². The van der Waals surface area contributed by atoms with Crippen LogP contribution in [-0.4, -0.2) is 23.3 Å². The second kappa shape index (κ2) is 5.10. The van der Waals surface area contributed by atoms with Crippen molar-refractivity contribution in [1.82, 2.24) is 4.98 Å². The number of anilines is 1. The maximum atomic E-state index is 6.11. The molecular formula is C18H23BN2O3. The van der Waals surface area contributed by atoms with E-state index in [1.807, 2.05) is 18.2 Å². The van der Waals surface area contributed by atoms with Gasteiger partial charge in [-0.3, -0.25) is 0 Å². The largest absolute Gasteiger partial charge is 0.494 e. The Morgan fingerprint density at radius 1 is 1.12 bits per heavy atom. The van der Waals surface area contributed by atoms with Crippen LogP contribution in [0.1, 0.15) is 47.5 Å². The van der Waals surface area contributed by atoms with E-state index in [-0.39, 0.29) is 18.3 Å². The number of benzene rings is 1. The maximum Gasteiger partial charge on any atom is 0.494 e. The van der Waals surface area contributed by atoms with Crippen LogP contribution in [0.15, 0.2) is 33.9 Å². The fraction of sp³-hybridized carbons (Fsp3) is 0.500. The van der Waals surface area contributed by atoms with Crippen LogP contribution in [0.3, 0.4) is 0 Å². The molecule has 2 aliphatic rings. The van der Waals surface area contributed by atoms with Gasteiger partial charge in [0.2, 0.25) is 0 Å². The van der Waals surface area contributed by atoms with E-state index < -0.39 is 0 Å². The van der Waals surface area contributed by atoms with Gasteiger partial charge in [-0.05, 0) is 65.1 Å². The predicted molar refractivity (Wildman–Crippen MR) is 95.3 cm³/mol. The summed E-state index contributed by atoms with van der Waals surface area (Å²) in [5.74, 6) is 0. The first-order chi connectivity index (χ1) is 11.2. The Bertz CT molecular complexity index is 816. The molecule has 4 rings (SSSR count). The molecule has 1 N–H and O–H groups in total. The second-order valence-corrected chi connectivity index (χ2v) is 7.69. The highest BCUT2D eigenvalue weighted by Crippen LogP contribution is 2.36. The number of hydrogen-bond donors (Lipinski definition) is 1. The van der Waals surface area contributed by atoms with Gasteiger partial charge >= 0.3 is 7.12 Å². The molecule has 24 heavy (non-hydrogen) atoms. The number of aromatic nitrogens is 1. The molecule has 0 atom stereocenters. The molecule has 0 amide bonds. The fourth-order valence-corrected chi connectivity index (χ4v) is 2.81. The Hall–Kier alpha value is -1.79. The van der Waals surface area contributed by atoms with Gasteiger partial charge in [0.15, 0.2) is 5.58 Å². The van der Waals surface area contributed by atoms with E-state index in [0.29, 0.717) is 6.01 Å². The average molecular weight is 326 g/mol. The third-order valence-electron chi connectivity index (χ3n) is 5.26. The molecule has 1 aromatic heterocycles. The number of rotatable bonds is 3. The van der Waals surface area contributed by atoms with Crippen molar-refractivity contribution in [3.8, 4) is 0 Å². The highest BCUT2D eigenvalue weighted by atomic mass is 16.7. The summed E-state index contributed by atoms with van der Waals surface area (Å²) in [5.41, 5.74) is 4.40. The lowest BCUT2D eigenvalue weighted by Crippen LogP contribution is -2.41. The maximum absolute atomic E-state index is 6.11. The van der Waals surface area contributed by atoms with Crippen LogP contribution in [0.4, 0.5) is 6.01 Å². The van der Waals surface area contributed by atoms with E-state index in [9.17, 15) is 0 Å². The smallest absolute Gasteiger partial charge is 0.423 e. The minimum absolute atomic E-state index is 0.350. The van der Waals surface area contributed by atoms with Crippen LogP contribution < -0.4 is 10.8 Å². The summed E-state index contributed by atoms with van der Waals surface area (Å²) in [7, 11) is -0.386. The van der Waals surface area contributed by atoms with Crippen molar-refractivity contribution in [2.45, 2.75) is 58.7 Å². The van der Waals surface area contributed by atoms with Gasteiger partial charge in [-0.25, -0.2) is 0 Å². The second-order valence-electron chi connectivity index (χ2n) is 7.69. The van der Waals surface area contributed by atoms with Gasteiger partial charge < -0.3 is 19.0 Å². The van der Waals surface area contributed by atoms with E-state index in [0.717, 1.165) is 22.3 Å². The van der Waals surface area contributed by atoms with Gasteiger partial charge in [-0.1, -0.05) is 11.6 Å². The standard InChI is InChI=1S/C18H23BN2O3/c1-11(12-6-7-12)20-16-21-14-10-13(8-9-15(14)22-16)19-23-17(2,3)18(4,5)24-19/h8-10H,6-7H2,1-5H3,(H,20,21). The quantitative estimate of drug-likeness (QED) is 0.873. The lowest BCUT2D eigenvalue weighted by Gasteiger charge is -2.32. The highest BCUT2D eigenvalue weighted by molar-refractivity contribution is 6.62. The summed E-state index contributed by atoms with van der Waals surface area (Å²) in [6.45, 7) is 10.3. The van der Waals surface area contributed by atoms with Gasteiger partial charge in [0.25, 0.3) is 6.01 Å². The molecule has 126 valence electrons. The van der Waals surface area contributed by atoms with E-state index in [4.69, 9.17) is 13.7 Å². The highest BCUT2D eigenvalue weighted by Gasteiger charge is 2.51. The van der Waals surface area contributed by atoms with Crippen LogP contribution in [0, 0.1) is 0 Å². The third-order valence-corrected chi connectivity index (χ3v) is 5.26. The van der Waals surface area contributed by atoms with Crippen LogP contribution in [0.5, 0.6) is 0 Å². The van der Waals surface area contributed by atoms with Crippen LogP contribution >= 0.6 is 0 Å². The predicted octanol–water partition coefficient (Wildman–Crippen LogP) is 3.61. The van der Waals surface area contributed by atoms with Crippen molar-refractivity contribution < 1.29 is 13.7 Å². The number of nitrogens with zero attached hydrogens (tertiary/aromatic N) is 1. The zero-order valence-corrected chi connectivity index (χ0v) is 14.9. The minimum atomic E-state index is -0.386.